The number of fused-ring (bicyclic) bond motifs is 1. The van der Waals surface area contributed by atoms with Gasteiger partial charge in [0.05, 0.1) is 49.8 Å². The van der Waals surface area contributed by atoms with E-state index in [4.69, 9.17) is 35.3 Å². The number of rotatable bonds is 10. The van der Waals surface area contributed by atoms with Crippen molar-refractivity contribution in [2.45, 2.75) is 26.5 Å². The first-order valence-electron chi connectivity index (χ1n) is 13.9. The van der Waals surface area contributed by atoms with E-state index in [9.17, 15) is 9.59 Å². The topological polar surface area (TPSA) is 97.6 Å². The van der Waals surface area contributed by atoms with Crippen molar-refractivity contribution in [1.82, 2.24) is 4.57 Å². The predicted octanol–water partition coefficient (Wildman–Crippen LogP) is 5.82. The van der Waals surface area contributed by atoms with Crippen molar-refractivity contribution >= 4 is 50.9 Å². The molecule has 0 N–H and O–H groups in total. The number of carbonyl (C=O) groups excluding carboxylic acids is 1. The second kappa shape index (κ2) is 13.9. The molecule has 0 fully saturated rings. The van der Waals surface area contributed by atoms with Gasteiger partial charge in [-0.15, -0.1) is 0 Å². The molecule has 0 spiro atoms. The number of para-hydroxylation sites is 1. The number of thiazole rings is 1. The number of halogens is 2. The van der Waals surface area contributed by atoms with E-state index in [1.54, 1.807) is 57.4 Å². The summed E-state index contributed by atoms with van der Waals surface area (Å²) in [6, 6.07) is 15.4. The van der Waals surface area contributed by atoms with Gasteiger partial charge in [0.2, 0.25) is 0 Å². The van der Waals surface area contributed by atoms with E-state index in [1.807, 2.05) is 24.3 Å². The van der Waals surface area contributed by atoms with Crippen LogP contribution in [0.2, 0.25) is 5.02 Å². The van der Waals surface area contributed by atoms with E-state index in [0.29, 0.717) is 58.7 Å². The Balaban J connectivity index is 1.68. The molecule has 9 nitrogen and oxygen atoms in total. The van der Waals surface area contributed by atoms with Gasteiger partial charge in [-0.1, -0.05) is 63.1 Å². The number of benzene rings is 3. The number of aromatic nitrogens is 1. The summed E-state index contributed by atoms with van der Waals surface area (Å²) >= 11 is 10.9. The van der Waals surface area contributed by atoms with Crippen LogP contribution in [0, 0.1) is 0 Å². The Morgan fingerprint density at radius 3 is 2.40 bits per heavy atom. The third kappa shape index (κ3) is 6.51. The highest BCUT2D eigenvalue weighted by Crippen LogP contribution is 2.41. The molecule has 0 bridgehead atoms. The first kappa shape index (κ1) is 32.3. The van der Waals surface area contributed by atoms with Gasteiger partial charge in [-0.05, 0) is 61.4 Å². The van der Waals surface area contributed by atoms with Gasteiger partial charge in [0.1, 0.15) is 6.61 Å². The van der Waals surface area contributed by atoms with Crippen molar-refractivity contribution in [3.63, 3.8) is 0 Å². The number of nitrogens with zero attached hydrogens (tertiary/aromatic N) is 2. The molecule has 12 heteroatoms. The molecule has 0 saturated heterocycles. The number of hydrogen-bond acceptors (Lipinski definition) is 9. The van der Waals surface area contributed by atoms with Gasteiger partial charge < -0.3 is 23.7 Å². The SMILES string of the molecule is CCOC(=O)C1=C(C)N=c2s/c(=C\c3cccc(OC)c3OCc3ccc(Cl)cc3)c(=O)n2[C@@H]1c1cc(OC)c(OC)cc1Br. The first-order valence-corrected chi connectivity index (χ1v) is 15.8. The normalized spacial score (nSPS) is 14.5. The maximum absolute atomic E-state index is 14.3. The molecule has 0 saturated carbocycles. The van der Waals surface area contributed by atoms with Crippen LogP contribution in [0.1, 0.15) is 36.6 Å². The zero-order valence-corrected chi connectivity index (χ0v) is 28.3. The standard InChI is InChI=1S/C33H30BrClN2O7S/c1-6-43-32(39)28-18(2)36-33-37(29(28)22-15-25(41-4)26(42-5)16-23(22)34)31(38)27(45-33)14-20-8-7-9-24(40-3)30(20)44-17-19-10-12-21(35)13-11-19/h7-16,29H,6,17H2,1-5H3/b27-14-/t29-/m1/s1. The van der Waals surface area contributed by atoms with Gasteiger partial charge in [-0.2, -0.15) is 0 Å². The van der Waals surface area contributed by atoms with E-state index in [0.717, 1.165) is 5.56 Å². The fourth-order valence-corrected chi connectivity index (χ4v) is 6.71. The van der Waals surface area contributed by atoms with E-state index in [2.05, 4.69) is 20.9 Å². The Kier molecular flexibility index (Phi) is 10.0. The van der Waals surface area contributed by atoms with Gasteiger partial charge in [0, 0.05) is 15.1 Å². The first-order chi connectivity index (χ1) is 21.7. The minimum atomic E-state index is -0.859. The second-order valence-corrected chi connectivity index (χ2v) is 12.1. The number of methoxy groups -OCH3 is 3. The largest absolute Gasteiger partial charge is 0.493 e. The van der Waals surface area contributed by atoms with Gasteiger partial charge in [-0.25, -0.2) is 9.79 Å². The number of ether oxygens (including phenoxy) is 5. The fourth-order valence-electron chi connectivity index (χ4n) is 5.00. The van der Waals surface area contributed by atoms with Crippen molar-refractivity contribution in [3.8, 4) is 23.0 Å². The summed E-state index contributed by atoms with van der Waals surface area (Å²) in [5, 5.41) is 0.631. The molecule has 0 unspecified atom stereocenters. The number of allylic oxidation sites excluding steroid dienone is 1. The molecule has 45 heavy (non-hydrogen) atoms. The van der Waals surface area contributed by atoms with E-state index >= 15 is 0 Å². The molecule has 0 aliphatic carbocycles. The maximum Gasteiger partial charge on any atom is 0.338 e. The van der Waals surface area contributed by atoms with Crippen LogP contribution >= 0.6 is 38.9 Å². The Bertz CT molecular complexity index is 1970. The molecule has 0 radical (unpaired) electrons. The molecule has 5 rings (SSSR count). The quantitative estimate of drug-likeness (QED) is 0.191. The van der Waals surface area contributed by atoms with Crippen LogP contribution in [0.15, 0.2) is 80.1 Å². The number of hydrogen-bond donors (Lipinski definition) is 0. The van der Waals surface area contributed by atoms with Gasteiger partial charge >= 0.3 is 5.97 Å². The molecule has 1 aliphatic heterocycles. The molecule has 2 heterocycles. The van der Waals surface area contributed by atoms with Gasteiger partial charge in [-0.3, -0.25) is 9.36 Å². The summed E-state index contributed by atoms with van der Waals surface area (Å²) in [4.78, 5) is 32.7. The summed E-state index contributed by atoms with van der Waals surface area (Å²) in [6.07, 6.45) is 1.74. The van der Waals surface area contributed by atoms with Crippen molar-refractivity contribution < 1.29 is 28.5 Å². The number of carbonyl (C=O) groups is 1. The fraction of sp³-hybridized carbons (Fsp3) is 0.242. The van der Waals surface area contributed by atoms with Crippen LogP contribution in [0.3, 0.4) is 0 Å². The van der Waals surface area contributed by atoms with Crippen molar-refractivity contribution in [2.24, 2.45) is 4.99 Å². The molecular formula is C33H30BrClN2O7S. The lowest BCUT2D eigenvalue weighted by Gasteiger charge is -2.26. The monoisotopic (exact) mass is 712 g/mol. The summed E-state index contributed by atoms with van der Waals surface area (Å²) in [6.45, 7) is 3.88. The maximum atomic E-state index is 14.3. The minimum absolute atomic E-state index is 0.161. The molecule has 1 atom stereocenters. The van der Waals surface area contributed by atoms with Crippen molar-refractivity contribution in [1.29, 1.82) is 0 Å². The van der Waals surface area contributed by atoms with Crippen LogP contribution in [0.25, 0.3) is 6.08 Å². The molecule has 0 amide bonds. The van der Waals surface area contributed by atoms with Crippen LogP contribution in [0.4, 0.5) is 0 Å². The van der Waals surface area contributed by atoms with E-state index in [1.165, 1.54) is 30.1 Å². The van der Waals surface area contributed by atoms with E-state index in [-0.39, 0.29) is 24.3 Å². The zero-order chi connectivity index (χ0) is 32.2. The smallest absolute Gasteiger partial charge is 0.338 e. The van der Waals surface area contributed by atoms with Crippen LogP contribution in [0.5, 0.6) is 23.0 Å². The lowest BCUT2D eigenvalue weighted by molar-refractivity contribution is -0.139. The number of esters is 1. The Morgan fingerprint density at radius 1 is 1.04 bits per heavy atom. The second-order valence-electron chi connectivity index (χ2n) is 9.82. The molecule has 234 valence electrons. The minimum Gasteiger partial charge on any atom is -0.493 e. The summed E-state index contributed by atoms with van der Waals surface area (Å²) in [5.41, 5.74) is 2.51. The van der Waals surface area contributed by atoms with Crippen molar-refractivity contribution in [2.75, 3.05) is 27.9 Å². The Morgan fingerprint density at radius 2 is 1.73 bits per heavy atom. The Hall–Kier alpha value is -4.06. The summed E-state index contributed by atoms with van der Waals surface area (Å²) in [5.74, 6) is 1.35. The highest BCUT2D eigenvalue weighted by molar-refractivity contribution is 9.10. The van der Waals surface area contributed by atoms with Crippen LogP contribution < -0.4 is 33.8 Å². The molecule has 3 aromatic carbocycles. The predicted molar refractivity (Wildman–Crippen MR) is 176 cm³/mol. The lowest BCUT2D eigenvalue weighted by atomic mass is 9.95. The molecule has 1 aromatic heterocycles. The van der Waals surface area contributed by atoms with Gasteiger partial charge in [0.15, 0.2) is 27.8 Å². The molecular weight excluding hydrogens is 684 g/mol. The highest BCUT2D eigenvalue weighted by atomic mass is 79.9. The third-order valence-electron chi connectivity index (χ3n) is 7.13. The van der Waals surface area contributed by atoms with Crippen molar-refractivity contribution in [3.05, 3.63) is 112 Å². The Labute approximate surface area is 277 Å². The van der Waals surface area contributed by atoms with Crippen LogP contribution in [-0.4, -0.2) is 38.5 Å². The highest BCUT2D eigenvalue weighted by Gasteiger charge is 2.35. The van der Waals surface area contributed by atoms with Crippen LogP contribution in [-0.2, 0) is 16.1 Å². The average molecular weight is 714 g/mol. The zero-order valence-electron chi connectivity index (χ0n) is 25.2. The summed E-state index contributed by atoms with van der Waals surface area (Å²) < 4.78 is 30.8. The van der Waals surface area contributed by atoms with E-state index < -0.39 is 12.0 Å². The third-order valence-corrected chi connectivity index (χ3v) is 9.05. The molecule has 1 aliphatic rings. The molecule has 4 aromatic rings. The van der Waals surface area contributed by atoms with Gasteiger partial charge in [0.25, 0.3) is 5.56 Å². The lowest BCUT2D eigenvalue weighted by Crippen LogP contribution is -2.40. The summed E-state index contributed by atoms with van der Waals surface area (Å²) in [7, 11) is 4.62. The average Bonchev–Trinajstić information content (AvgIpc) is 3.34.